The predicted octanol–water partition coefficient (Wildman–Crippen LogP) is 4.00. The number of hydrogen-bond acceptors (Lipinski definition) is 4. The highest BCUT2D eigenvalue weighted by Gasteiger charge is 2.22. The van der Waals surface area contributed by atoms with Crippen molar-refractivity contribution < 1.29 is 9.72 Å². The fourth-order valence-corrected chi connectivity index (χ4v) is 2.74. The largest absolute Gasteiger partial charge is 0.322 e. The third-order valence-corrected chi connectivity index (χ3v) is 4.15. The third-order valence-electron chi connectivity index (χ3n) is 4.15. The first-order valence-electron chi connectivity index (χ1n) is 8.32. The zero-order valence-corrected chi connectivity index (χ0v) is 14.8. The lowest BCUT2D eigenvalue weighted by Gasteiger charge is -2.18. The van der Waals surface area contributed by atoms with Gasteiger partial charge in [0.1, 0.15) is 5.56 Å². The summed E-state index contributed by atoms with van der Waals surface area (Å²) in [6, 6.07) is 12.3. The van der Waals surface area contributed by atoms with Gasteiger partial charge in [-0.15, -0.1) is 0 Å². The Hall–Kier alpha value is -2.73. The summed E-state index contributed by atoms with van der Waals surface area (Å²) in [5.74, 6) is -0.476. The molecular formula is C19H23N3O3. The Kier molecular flexibility index (Phi) is 6.25. The fourth-order valence-electron chi connectivity index (χ4n) is 2.74. The van der Waals surface area contributed by atoms with Gasteiger partial charge in [0.2, 0.25) is 0 Å². The van der Waals surface area contributed by atoms with Crippen LogP contribution in [0.3, 0.4) is 0 Å². The Morgan fingerprint density at radius 2 is 1.84 bits per heavy atom. The monoisotopic (exact) mass is 341 g/mol. The minimum atomic E-state index is -0.513. The topological polar surface area (TPSA) is 75.5 Å². The zero-order chi connectivity index (χ0) is 18.4. The van der Waals surface area contributed by atoms with E-state index in [-0.39, 0.29) is 11.3 Å². The molecule has 0 aliphatic carbocycles. The van der Waals surface area contributed by atoms with E-state index in [1.54, 1.807) is 25.1 Å². The van der Waals surface area contributed by atoms with Gasteiger partial charge in [-0.05, 0) is 43.8 Å². The molecule has 0 aromatic heterocycles. The first kappa shape index (κ1) is 18.6. The average molecular weight is 341 g/mol. The molecule has 0 saturated heterocycles. The summed E-state index contributed by atoms with van der Waals surface area (Å²) in [6.07, 6.45) is 0. The molecule has 0 fully saturated rings. The summed E-state index contributed by atoms with van der Waals surface area (Å²) >= 11 is 0. The second-order valence-electron chi connectivity index (χ2n) is 5.84. The van der Waals surface area contributed by atoms with E-state index in [0.29, 0.717) is 11.3 Å². The maximum atomic E-state index is 12.5. The molecule has 6 heteroatoms. The highest BCUT2D eigenvalue weighted by atomic mass is 16.6. The van der Waals surface area contributed by atoms with E-state index in [4.69, 9.17) is 0 Å². The van der Waals surface area contributed by atoms with Gasteiger partial charge in [0.15, 0.2) is 0 Å². The molecule has 1 N–H and O–H groups in total. The molecule has 6 nitrogen and oxygen atoms in total. The zero-order valence-electron chi connectivity index (χ0n) is 14.8. The number of hydrogen-bond donors (Lipinski definition) is 1. The van der Waals surface area contributed by atoms with Crippen molar-refractivity contribution in [3.05, 3.63) is 69.3 Å². The smallest absolute Gasteiger partial charge is 0.285 e. The van der Waals surface area contributed by atoms with Gasteiger partial charge in [0.25, 0.3) is 11.6 Å². The van der Waals surface area contributed by atoms with Gasteiger partial charge in [-0.2, -0.15) is 0 Å². The highest BCUT2D eigenvalue weighted by molar-refractivity contribution is 6.07. The van der Waals surface area contributed by atoms with Crippen LogP contribution in [0.1, 0.15) is 35.3 Å². The number of amides is 1. The summed E-state index contributed by atoms with van der Waals surface area (Å²) in [5.41, 5.74) is 2.09. The first-order valence-corrected chi connectivity index (χ1v) is 8.32. The van der Waals surface area contributed by atoms with Gasteiger partial charge in [0.05, 0.1) is 4.92 Å². The van der Waals surface area contributed by atoms with Crippen LogP contribution in [0.2, 0.25) is 0 Å². The van der Waals surface area contributed by atoms with Gasteiger partial charge in [-0.25, -0.2) is 0 Å². The number of aryl methyl sites for hydroxylation is 1. The van der Waals surface area contributed by atoms with Crippen LogP contribution >= 0.6 is 0 Å². The molecule has 0 radical (unpaired) electrons. The van der Waals surface area contributed by atoms with Crippen LogP contribution in [0.5, 0.6) is 0 Å². The number of benzene rings is 2. The Morgan fingerprint density at radius 1 is 1.16 bits per heavy atom. The number of anilines is 1. The van der Waals surface area contributed by atoms with E-state index in [0.717, 1.165) is 25.2 Å². The molecule has 132 valence electrons. The van der Waals surface area contributed by atoms with E-state index in [2.05, 4.69) is 24.1 Å². The quantitative estimate of drug-likeness (QED) is 0.610. The van der Waals surface area contributed by atoms with Crippen molar-refractivity contribution in [1.82, 2.24) is 4.90 Å². The van der Waals surface area contributed by atoms with Crippen LogP contribution in [0.25, 0.3) is 0 Å². The highest BCUT2D eigenvalue weighted by Crippen LogP contribution is 2.24. The molecule has 2 aromatic carbocycles. The minimum absolute atomic E-state index is 0.0687. The van der Waals surface area contributed by atoms with Gasteiger partial charge in [0, 0.05) is 17.8 Å². The molecule has 0 heterocycles. The maximum absolute atomic E-state index is 12.5. The molecule has 1 amide bonds. The summed E-state index contributed by atoms with van der Waals surface area (Å²) in [5, 5.41) is 14.0. The second kappa shape index (κ2) is 8.39. The van der Waals surface area contributed by atoms with Crippen molar-refractivity contribution in [1.29, 1.82) is 0 Å². The Bertz CT molecular complexity index is 770. The van der Waals surface area contributed by atoms with E-state index < -0.39 is 10.8 Å². The number of carbonyl (C=O) groups is 1. The number of carbonyl (C=O) groups excluding carboxylic acids is 1. The molecule has 2 aromatic rings. The van der Waals surface area contributed by atoms with E-state index in [9.17, 15) is 14.9 Å². The molecule has 0 unspecified atom stereocenters. The number of nitrogens with zero attached hydrogens (tertiary/aromatic N) is 2. The lowest BCUT2D eigenvalue weighted by Crippen LogP contribution is -2.22. The second-order valence-corrected chi connectivity index (χ2v) is 5.84. The van der Waals surface area contributed by atoms with Crippen molar-refractivity contribution >= 4 is 17.3 Å². The lowest BCUT2D eigenvalue weighted by atomic mass is 10.1. The summed E-state index contributed by atoms with van der Waals surface area (Å²) in [4.78, 5) is 25.5. The molecular weight excluding hydrogens is 318 g/mol. The van der Waals surface area contributed by atoms with Crippen LogP contribution in [-0.4, -0.2) is 28.8 Å². The summed E-state index contributed by atoms with van der Waals surface area (Å²) < 4.78 is 0. The van der Waals surface area contributed by atoms with Gasteiger partial charge in [-0.1, -0.05) is 38.1 Å². The maximum Gasteiger partial charge on any atom is 0.285 e. The molecule has 0 aliphatic rings. The van der Waals surface area contributed by atoms with Crippen molar-refractivity contribution in [3.8, 4) is 0 Å². The number of nitrogens with one attached hydrogen (secondary N) is 1. The fraction of sp³-hybridized carbons (Fsp3) is 0.316. The molecule has 0 bridgehead atoms. The molecule has 25 heavy (non-hydrogen) atoms. The van der Waals surface area contributed by atoms with Crippen LogP contribution < -0.4 is 5.32 Å². The molecule has 0 aliphatic heterocycles. The number of rotatable bonds is 7. The number of nitro benzene ring substituents is 1. The Balaban J connectivity index is 2.22. The Morgan fingerprint density at radius 3 is 2.48 bits per heavy atom. The van der Waals surface area contributed by atoms with Crippen LogP contribution in [0.15, 0.2) is 42.5 Å². The third kappa shape index (κ3) is 4.64. The molecule has 0 spiro atoms. The van der Waals surface area contributed by atoms with Crippen LogP contribution in [-0.2, 0) is 6.54 Å². The van der Waals surface area contributed by atoms with E-state index in [1.165, 1.54) is 6.07 Å². The van der Waals surface area contributed by atoms with Crippen LogP contribution in [0, 0.1) is 17.0 Å². The normalized spacial score (nSPS) is 10.7. The molecule has 0 atom stereocenters. The van der Waals surface area contributed by atoms with E-state index in [1.807, 2.05) is 18.2 Å². The van der Waals surface area contributed by atoms with Gasteiger partial charge < -0.3 is 5.32 Å². The van der Waals surface area contributed by atoms with Gasteiger partial charge in [-0.3, -0.25) is 19.8 Å². The first-order chi connectivity index (χ1) is 12.0. The molecule has 0 saturated carbocycles. The van der Waals surface area contributed by atoms with Crippen molar-refractivity contribution in [2.24, 2.45) is 0 Å². The predicted molar refractivity (Wildman–Crippen MR) is 98.9 cm³/mol. The Labute approximate surface area is 147 Å². The number of nitro groups is 1. The summed E-state index contributed by atoms with van der Waals surface area (Å²) in [6.45, 7) is 8.52. The summed E-state index contributed by atoms with van der Waals surface area (Å²) in [7, 11) is 0. The average Bonchev–Trinajstić information content (AvgIpc) is 2.59. The number of para-hydroxylation sites is 1. The van der Waals surface area contributed by atoms with Gasteiger partial charge >= 0.3 is 0 Å². The van der Waals surface area contributed by atoms with Crippen molar-refractivity contribution in [2.45, 2.75) is 27.3 Å². The van der Waals surface area contributed by atoms with Crippen molar-refractivity contribution in [2.75, 3.05) is 18.4 Å². The SMILES string of the molecule is CCN(CC)Cc1cccc(NC(=O)c2cccc(C)c2[N+](=O)[O-])c1. The van der Waals surface area contributed by atoms with E-state index >= 15 is 0 Å². The van der Waals surface area contributed by atoms with Crippen LogP contribution in [0.4, 0.5) is 11.4 Å². The standard InChI is InChI=1S/C19H23N3O3/c1-4-21(5-2)13-15-9-7-10-16(12-15)20-19(23)17-11-6-8-14(3)18(17)22(24)25/h6-12H,4-5,13H2,1-3H3,(H,20,23). The minimum Gasteiger partial charge on any atom is -0.322 e. The van der Waals surface area contributed by atoms with Crippen molar-refractivity contribution in [3.63, 3.8) is 0 Å². The molecule has 2 rings (SSSR count). The lowest BCUT2D eigenvalue weighted by molar-refractivity contribution is -0.385.